The lowest BCUT2D eigenvalue weighted by atomic mass is 10.1. The fourth-order valence-electron chi connectivity index (χ4n) is 3.49. The highest BCUT2D eigenvalue weighted by molar-refractivity contribution is 5.98. The molecule has 6 nitrogen and oxygen atoms in total. The van der Waals surface area contributed by atoms with Crippen LogP contribution in [-0.2, 0) is 12.8 Å². The molecule has 4 rings (SSSR count). The molecule has 0 aliphatic heterocycles. The van der Waals surface area contributed by atoms with Crippen molar-refractivity contribution >= 4 is 16.8 Å². The van der Waals surface area contributed by atoms with E-state index in [1.54, 1.807) is 30.6 Å². The standard InChI is InChI=1S/C24H24FN5O/c1-2-4-20-19-11-8-17(24(31)28-12-3-5-22-26-13-14-27-22)15-21(19)30-23(29-20)16-6-9-18(25)10-7-16/h6-11,13-15H,2-5,12H2,1H3,(H,26,27)(H,28,31). The number of aryl methyl sites for hydroxylation is 2. The van der Waals surface area contributed by atoms with Crippen molar-refractivity contribution in [2.24, 2.45) is 0 Å². The number of carbonyl (C=O) groups excluding carboxylic acids is 1. The lowest BCUT2D eigenvalue weighted by molar-refractivity contribution is 0.0953. The van der Waals surface area contributed by atoms with Gasteiger partial charge in [0, 0.05) is 41.9 Å². The van der Waals surface area contributed by atoms with E-state index < -0.39 is 0 Å². The molecule has 2 N–H and O–H groups in total. The minimum absolute atomic E-state index is 0.139. The third kappa shape index (κ3) is 4.94. The van der Waals surface area contributed by atoms with Gasteiger partial charge in [0.15, 0.2) is 5.82 Å². The number of rotatable bonds is 8. The second-order valence-electron chi connectivity index (χ2n) is 7.38. The van der Waals surface area contributed by atoms with Crippen molar-refractivity contribution in [3.63, 3.8) is 0 Å². The molecule has 0 aliphatic carbocycles. The number of carbonyl (C=O) groups is 1. The number of nitrogens with zero attached hydrogens (tertiary/aromatic N) is 3. The molecule has 0 saturated carbocycles. The number of imidazole rings is 1. The lowest BCUT2D eigenvalue weighted by Crippen LogP contribution is -2.24. The second-order valence-corrected chi connectivity index (χ2v) is 7.38. The van der Waals surface area contributed by atoms with Gasteiger partial charge in [-0.3, -0.25) is 4.79 Å². The first-order valence-electron chi connectivity index (χ1n) is 10.5. The summed E-state index contributed by atoms with van der Waals surface area (Å²) in [5.41, 5.74) is 2.93. The molecule has 2 heterocycles. The zero-order valence-electron chi connectivity index (χ0n) is 17.4. The fraction of sp³-hybridized carbons (Fsp3) is 0.250. The molecule has 0 bridgehead atoms. The highest BCUT2D eigenvalue weighted by Crippen LogP contribution is 2.24. The maximum Gasteiger partial charge on any atom is 0.251 e. The smallest absolute Gasteiger partial charge is 0.251 e. The van der Waals surface area contributed by atoms with Crippen molar-refractivity contribution in [1.82, 2.24) is 25.3 Å². The fourth-order valence-corrected chi connectivity index (χ4v) is 3.49. The van der Waals surface area contributed by atoms with E-state index in [4.69, 9.17) is 4.98 Å². The van der Waals surface area contributed by atoms with E-state index in [-0.39, 0.29) is 11.7 Å². The zero-order valence-corrected chi connectivity index (χ0v) is 17.4. The summed E-state index contributed by atoms with van der Waals surface area (Å²) in [5.74, 6) is 1.00. The lowest BCUT2D eigenvalue weighted by Gasteiger charge is -2.10. The van der Waals surface area contributed by atoms with Crippen LogP contribution in [0.3, 0.4) is 0 Å². The van der Waals surface area contributed by atoms with Gasteiger partial charge in [0.05, 0.1) is 11.2 Å². The average Bonchev–Trinajstić information content (AvgIpc) is 3.30. The van der Waals surface area contributed by atoms with Gasteiger partial charge in [-0.15, -0.1) is 0 Å². The Hall–Kier alpha value is -3.61. The Balaban J connectivity index is 1.56. The molecule has 0 radical (unpaired) electrons. The Kier molecular flexibility index (Phi) is 6.31. The first kappa shape index (κ1) is 20.7. The van der Waals surface area contributed by atoms with Gasteiger partial charge in [-0.05, 0) is 49.2 Å². The van der Waals surface area contributed by atoms with Crippen LogP contribution < -0.4 is 5.32 Å². The first-order valence-corrected chi connectivity index (χ1v) is 10.5. The van der Waals surface area contributed by atoms with Crippen LogP contribution in [0.2, 0.25) is 0 Å². The Morgan fingerprint density at radius 3 is 2.68 bits per heavy atom. The number of benzene rings is 2. The summed E-state index contributed by atoms with van der Waals surface area (Å²) in [7, 11) is 0. The Bertz CT molecular complexity index is 1170. The summed E-state index contributed by atoms with van der Waals surface area (Å²) in [5, 5.41) is 3.89. The van der Waals surface area contributed by atoms with Gasteiger partial charge in [-0.1, -0.05) is 19.4 Å². The molecule has 4 aromatic rings. The van der Waals surface area contributed by atoms with Crippen LogP contribution in [0.5, 0.6) is 0 Å². The molecule has 2 aromatic carbocycles. The first-order chi connectivity index (χ1) is 15.1. The number of H-pyrrole nitrogens is 1. The largest absolute Gasteiger partial charge is 0.352 e. The number of aromatic amines is 1. The van der Waals surface area contributed by atoms with Crippen molar-refractivity contribution in [3.8, 4) is 11.4 Å². The van der Waals surface area contributed by atoms with E-state index >= 15 is 0 Å². The molecular weight excluding hydrogens is 393 g/mol. The van der Waals surface area contributed by atoms with Gasteiger partial charge in [0.25, 0.3) is 5.91 Å². The van der Waals surface area contributed by atoms with Crippen LogP contribution in [0.1, 0.15) is 41.6 Å². The molecule has 0 atom stereocenters. The van der Waals surface area contributed by atoms with Gasteiger partial charge in [0.1, 0.15) is 11.6 Å². The number of hydrogen-bond acceptors (Lipinski definition) is 4. The van der Waals surface area contributed by atoms with Gasteiger partial charge >= 0.3 is 0 Å². The van der Waals surface area contributed by atoms with Crippen LogP contribution in [0.15, 0.2) is 54.9 Å². The van der Waals surface area contributed by atoms with Crippen molar-refractivity contribution in [2.45, 2.75) is 32.6 Å². The summed E-state index contributed by atoms with van der Waals surface area (Å²) in [6.07, 6.45) is 6.82. The van der Waals surface area contributed by atoms with Crippen LogP contribution in [0.4, 0.5) is 4.39 Å². The Labute approximate surface area is 180 Å². The van der Waals surface area contributed by atoms with Crippen LogP contribution in [0.25, 0.3) is 22.3 Å². The maximum atomic E-state index is 13.3. The molecule has 0 saturated heterocycles. The Morgan fingerprint density at radius 2 is 1.94 bits per heavy atom. The summed E-state index contributed by atoms with van der Waals surface area (Å²) in [4.78, 5) is 29.2. The van der Waals surface area contributed by atoms with E-state index in [2.05, 4.69) is 27.2 Å². The van der Waals surface area contributed by atoms with Crippen molar-refractivity contribution in [2.75, 3.05) is 6.54 Å². The molecule has 0 fully saturated rings. The minimum atomic E-state index is -0.302. The van der Waals surface area contributed by atoms with Gasteiger partial charge in [-0.25, -0.2) is 19.3 Å². The SMILES string of the molecule is CCCc1nc(-c2ccc(F)cc2)nc2cc(C(=O)NCCCc3ncc[nH]3)ccc12. The predicted octanol–water partition coefficient (Wildman–Crippen LogP) is 4.47. The molecule has 0 spiro atoms. The summed E-state index contributed by atoms with van der Waals surface area (Å²) < 4.78 is 13.3. The van der Waals surface area contributed by atoms with Crippen molar-refractivity contribution < 1.29 is 9.18 Å². The zero-order chi connectivity index (χ0) is 21.6. The predicted molar refractivity (Wildman–Crippen MR) is 118 cm³/mol. The third-order valence-corrected chi connectivity index (χ3v) is 5.06. The monoisotopic (exact) mass is 417 g/mol. The van der Waals surface area contributed by atoms with Crippen LogP contribution in [0, 0.1) is 5.82 Å². The molecule has 7 heteroatoms. The van der Waals surface area contributed by atoms with Gasteiger partial charge < -0.3 is 10.3 Å². The molecule has 1 amide bonds. The molecule has 0 aliphatic rings. The summed E-state index contributed by atoms with van der Waals surface area (Å²) >= 11 is 0. The van der Waals surface area contributed by atoms with Gasteiger partial charge in [0.2, 0.25) is 0 Å². The molecule has 158 valence electrons. The molecular formula is C24H24FN5O. The van der Waals surface area contributed by atoms with E-state index in [1.807, 2.05) is 12.1 Å². The van der Waals surface area contributed by atoms with E-state index in [0.29, 0.717) is 23.4 Å². The van der Waals surface area contributed by atoms with E-state index in [1.165, 1.54) is 12.1 Å². The molecule has 31 heavy (non-hydrogen) atoms. The highest BCUT2D eigenvalue weighted by atomic mass is 19.1. The van der Waals surface area contributed by atoms with Crippen LogP contribution >= 0.6 is 0 Å². The van der Waals surface area contributed by atoms with Crippen molar-refractivity contribution in [1.29, 1.82) is 0 Å². The number of hydrogen-bond donors (Lipinski definition) is 2. The summed E-state index contributed by atoms with van der Waals surface area (Å²) in [6, 6.07) is 11.6. The number of aromatic nitrogens is 4. The molecule has 2 aromatic heterocycles. The second kappa shape index (κ2) is 9.47. The Morgan fingerprint density at radius 1 is 1.10 bits per heavy atom. The van der Waals surface area contributed by atoms with Gasteiger partial charge in [-0.2, -0.15) is 0 Å². The third-order valence-electron chi connectivity index (χ3n) is 5.06. The maximum absolute atomic E-state index is 13.3. The number of fused-ring (bicyclic) bond motifs is 1. The average molecular weight is 417 g/mol. The summed E-state index contributed by atoms with van der Waals surface area (Å²) in [6.45, 7) is 2.65. The quantitative estimate of drug-likeness (QED) is 0.414. The van der Waals surface area contributed by atoms with E-state index in [9.17, 15) is 9.18 Å². The molecule has 0 unspecified atom stereocenters. The van der Waals surface area contributed by atoms with E-state index in [0.717, 1.165) is 48.2 Å². The number of nitrogens with one attached hydrogen (secondary N) is 2. The topological polar surface area (TPSA) is 83.6 Å². The highest BCUT2D eigenvalue weighted by Gasteiger charge is 2.12. The normalized spacial score (nSPS) is 11.0. The van der Waals surface area contributed by atoms with Crippen LogP contribution in [-0.4, -0.2) is 32.4 Å². The van der Waals surface area contributed by atoms with Crippen molar-refractivity contribution in [3.05, 3.63) is 77.8 Å². The number of amides is 1. The minimum Gasteiger partial charge on any atom is -0.352 e. The number of halogens is 1.